The van der Waals surface area contributed by atoms with Crippen molar-refractivity contribution < 1.29 is 8.42 Å². The van der Waals surface area contributed by atoms with E-state index < -0.39 is 10.0 Å². The molecular weight excluding hydrogens is 319 g/mol. The van der Waals surface area contributed by atoms with Crippen molar-refractivity contribution in [2.24, 2.45) is 0 Å². The van der Waals surface area contributed by atoms with Crippen LogP contribution in [0.5, 0.6) is 0 Å². The molecule has 0 heterocycles. The van der Waals surface area contributed by atoms with E-state index in [1.807, 2.05) is 7.05 Å². The van der Waals surface area contributed by atoms with Crippen LogP contribution in [0.2, 0.25) is 10.0 Å². The van der Waals surface area contributed by atoms with Crippen LogP contribution in [-0.2, 0) is 10.0 Å². The van der Waals surface area contributed by atoms with Gasteiger partial charge >= 0.3 is 0 Å². The topological polar surface area (TPSA) is 58.2 Å². The highest BCUT2D eigenvalue weighted by Crippen LogP contribution is 2.26. The lowest BCUT2D eigenvalue weighted by Crippen LogP contribution is -2.41. The molecule has 0 aromatic heterocycles. The first kappa shape index (κ1) is 16.0. The van der Waals surface area contributed by atoms with Gasteiger partial charge in [0.15, 0.2) is 0 Å². The zero-order valence-corrected chi connectivity index (χ0v) is 13.5. The fourth-order valence-corrected chi connectivity index (χ4v) is 4.53. The fourth-order valence-electron chi connectivity index (χ4n) is 2.47. The van der Waals surface area contributed by atoms with Crippen LogP contribution in [0.1, 0.15) is 25.7 Å². The average molecular weight is 337 g/mol. The molecule has 1 aliphatic carbocycles. The molecule has 1 aliphatic rings. The van der Waals surface area contributed by atoms with Crippen LogP contribution in [0.4, 0.5) is 0 Å². The second kappa shape index (κ2) is 6.62. The maximum atomic E-state index is 12.4. The van der Waals surface area contributed by atoms with E-state index in [0.29, 0.717) is 11.1 Å². The third kappa shape index (κ3) is 3.86. The summed E-state index contributed by atoms with van der Waals surface area (Å²) in [6, 6.07) is 4.88. The predicted octanol–water partition coefficient (Wildman–Crippen LogP) is 2.80. The van der Waals surface area contributed by atoms with Crippen molar-refractivity contribution in [2.45, 2.75) is 42.7 Å². The summed E-state index contributed by atoms with van der Waals surface area (Å²) < 4.78 is 27.4. The van der Waals surface area contributed by atoms with E-state index in [9.17, 15) is 8.42 Å². The summed E-state index contributed by atoms with van der Waals surface area (Å²) in [7, 11) is -1.69. The fraction of sp³-hybridized carbons (Fsp3) is 0.538. The predicted molar refractivity (Wildman–Crippen MR) is 81.9 cm³/mol. The number of nitrogens with one attached hydrogen (secondary N) is 2. The van der Waals surface area contributed by atoms with Gasteiger partial charge in [0.1, 0.15) is 4.90 Å². The van der Waals surface area contributed by atoms with Gasteiger partial charge < -0.3 is 5.32 Å². The van der Waals surface area contributed by atoms with Crippen LogP contribution in [0.25, 0.3) is 0 Å². The summed E-state index contributed by atoms with van der Waals surface area (Å²) in [6.45, 7) is 0. The lowest BCUT2D eigenvalue weighted by Gasteiger charge is -2.28. The lowest BCUT2D eigenvalue weighted by atomic mass is 9.92. The highest BCUT2D eigenvalue weighted by molar-refractivity contribution is 7.89. The van der Waals surface area contributed by atoms with Gasteiger partial charge in [0.25, 0.3) is 0 Å². The van der Waals surface area contributed by atoms with Crippen LogP contribution < -0.4 is 10.0 Å². The highest BCUT2D eigenvalue weighted by Gasteiger charge is 2.26. The third-order valence-corrected chi connectivity index (χ3v) is 5.88. The summed E-state index contributed by atoms with van der Waals surface area (Å²) in [5.74, 6) is 0. The zero-order valence-electron chi connectivity index (χ0n) is 11.2. The van der Waals surface area contributed by atoms with Gasteiger partial charge in [-0.25, -0.2) is 13.1 Å². The summed E-state index contributed by atoms with van der Waals surface area (Å²) in [5, 5.41) is 3.76. The molecular formula is C13H18Cl2N2O2S. The number of sulfonamides is 1. The van der Waals surface area contributed by atoms with E-state index in [0.717, 1.165) is 25.7 Å². The van der Waals surface area contributed by atoms with Crippen molar-refractivity contribution in [1.29, 1.82) is 0 Å². The Morgan fingerprint density at radius 3 is 2.30 bits per heavy atom. The molecule has 1 aromatic rings. The van der Waals surface area contributed by atoms with Gasteiger partial charge in [0.2, 0.25) is 10.0 Å². The van der Waals surface area contributed by atoms with Gasteiger partial charge in [0, 0.05) is 17.1 Å². The second-order valence-electron chi connectivity index (χ2n) is 5.03. The summed E-state index contributed by atoms with van der Waals surface area (Å²) in [6.07, 6.45) is 3.58. The van der Waals surface area contributed by atoms with Gasteiger partial charge in [-0.05, 0) is 50.9 Å². The number of rotatable bonds is 4. The van der Waals surface area contributed by atoms with Crippen molar-refractivity contribution in [2.75, 3.05) is 7.05 Å². The van der Waals surface area contributed by atoms with Crippen molar-refractivity contribution in [3.63, 3.8) is 0 Å². The molecule has 1 fully saturated rings. The largest absolute Gasteiger partial charge is 0.317 e. The van der Waals surface area contributed by atoms with Crippen LogP contribution in [-0.4, -0.2) is 27.5 Å². The number of hydrogen-bond donors (Lipinski definition) is 2. The Balaban J connectivity index is 2.10. The minimum absolute atomic E-state index is 0.0420. The summed E-state index contributed by atoms with van der Waals surface area (Å²) in [4.78, 5) is 0.0439. The normalized spacial score (nSPS) is 23.8. The maximum absolute atomic E-state index is 12.4. The van der Waals surface area contributed by atoms with E-state index in [4.69, 9.17) is 23.2 Å². The first-order valence-electron chi connectivity index (χ1n) is 6.57. The van der Waals surface area contributed by atoms with Gasteiger partial charge in [-0.15, -0.1) is 0 Å². The molecule has 0 atom stereocenters. The summed E-state index contributed by atoms with van der Waals surface area (Å²) >= 11 is 11.8. The van der Waals surface area contributed by atoms with Crippen LogP contribution in [0, 0.1) is 0 Å². The van der Waals surface area contributed by atoms with Gasteiger partial charge in [-0.1, -0.05) is 23.2 Å². The Bertz CT molecular complexity index is 570. The maximum Gasteiger partial charge on any atom is 0.242 e. The van der Waals surface area contributed by atoms with Crippen LogP contribution in [0.3, 0.4) is 0 Å². The monoisotopic (exact) mass is 336 g/mol. The standard InChI is InChI=1S/C13H18Cl2N2O2S/c1-16-10-3-5-11(6-4-10)17-20(18,19)13-8-9(14)2-7-12(13)15/h2,7-8,10-11,16-17H,3-6H2,1H3. The Morgan fingerprint density at radius 2 is 1.70 bits per heavy atom. The highest BCUT2D eigenvalue weighted by atomic mass is 35.5. The smallest absolute Gasteiger partial charge is 0.242 e. The molecule has 0 amide bonds. The first-order valence-corrected chi connectivity index (χ1v) is 8.81. The van der Waals surface area contributed by atoms with E-state index in [2.05, 4.69) is 10.0 Å². The van der Waals surface area contributed by atoms with Gasteiger partial charge in [0.05, 0.1) is 5.02 Å². The Kier molecular flexibility index (Phi) is 5.31. The van der Waals surface area contributed by atoms with Crippen molar-refractivity contribution in [3.8, 4) is 0 Å². The molecule has 0 spiro atoms. The molecule has 0 aliphatic heterocycles. The Morgan fingerprint density at radius 1 is 1.10 bits per heavy atom. The van der Waals surface area contributed by atoms with E-state index in [-0.39, 0.29) is 16.0 Å². The molecule has 2 N–H and O–H groups in total. The minimum atomic E-state index is -3.62. The number of halogens is 2. The van der Waals surface area contributed by atoms with Gasteiger partial charge in [-0.2, -0.15) is 0 Å². The molecule has 1 saturated carbocycles. The minimum Gasteiger partial charge on any atom is -0.317 e. The molecule has 0 saturated heterocycles. The van der Waals surface area contributed by atoms with Crippen molar-refractivity contribution in [3.05, 3.63) is 28.2 Å². The van der Waals surface area contributed by atoms with E-state index in [1.165, 1.54) is 12.1 Å². The lowest BCUT2D eigenvalue weighted by molar-refractivity contribution is 0.343. The van der Waals surface area contributed by atoms with Crippen molar-refractivity contribution in [1.82, 2.24) is 10.0 Å². The molecule has 7 heteroatoms. The zero-order chi connectivity index (χ0) is 14.8. The molecule has 0 bridgehead atoms. The van der Waals surface area contributed by atoms with Crippen LogP contribution >= 0.6 is 23.2 Å². The molecule has 0 unspecified atom stereocenters. The Labute approximate surface area is 129 Å². The molecule has 112 valence electrons. The molecule has 2 rings (SSSR count). The van der Waals surface area contributed by atoms with Crippen LogP contribution in [0.15, 0.2) is 23.1 Å². The average Bonchev–Trinajstić information content (AvgIpc) is 2.42. The molecule has 20 heavy (non-hydrogen) atoms. The first-order chi connectivity index (χ1) is 9.42. The van der Waals surface area contributed by atoms with Gasteiger partial charge in [-0.3, -0.25) is 0 Å². The SMILES string of the molecule is CNC1CCC(NS(=O)(=O)c2cc(Cl)ccc2Cl)CC1. The van der Waals surface area contributed by atoms with E-state index in [1.54, 1.807) is 6.07 Å². The molecule has 0 radical (unpaired) electrons. The molecule has 4 nitrogen and oxygen atoms in total. The van der Waals surface area contributed by atoms with E-state index >= 15 is 0 Å². The summed E-state index contributed by atoms with van der Waals surface area (Å²) in [5.41, 5.74) is 0. The quantitative estimate of drug-likeness (QED) is 0.888. The third-order valence-electron chi connectivity index (χ3n) is 3.64. The number of benzene rings is 1. The second-order valence-corrected chi connectivity index (χ2v) is 7.56. The Hall–Kier alpha value is -0.330. The number of hydrogen-bond acceptors (Lipinski definition) is 3. The van der Waals surface area contributed by atoms with Crippen molar-refractivity contribution >= 4 is 33.2 Å². The molecule has 1 aromatic carbocycles.